The van der Waals surface area contributed by atoms with E-state index in [1.54, 1.807) is 0 Å². The van der Waals surface area contributed by atoms with Crippen LogP contribution in [0.5, 0.6) is 0 Å². The van der Waals surface area contributed by atoms with Crippen LogP contribution in [0.3, 0.4) is 0 Å². The molecule has 1 aliphatic rings. The lowest BCUT2D eigenvalue weighted by molar-refractivity contribution is 0.119. The Labute approximate surface area is 99.2 Å². The molecule has 0 spiro atoms. The molecule has 16 heavy (non-hydrogen) atoms. The van der Waals surface area contributed by atoms with Gasteiger partial charge in [0, 0.05) is 39.3 Å². The van der Waals surface area contributed by atoms with E-state index in [9.17, 15) is 0 Å². The van der Waals surface area contributed by atoms with Crippen LogP contribution in [0.15, 0.2) is 0 Å². The predicted octanol–water partition coefficient (Wildman–Crippen LogP) is 0.372. The highest BCUT2D eigenvalue weighted by molar-refractivity contribution is 4.91. The molecule has 4 nitrogen and oxygen atoms in total. The van der Waals surface area contributed by atoms with E-state index in [4.69, 9.17) is 5.26 Å². The van der Waals surface area contributed by atoms with Gasteiger partial charge in [-0.3, -0.25) is 4.90 Å². The lowest BCUT2D eigenvalue weighted by atomic mass is 10.2. The summed E-state index contributed by atoms with van der Waals surface area (Å²) in [6, 6.07) is 2.25. The molecule has 0 aromatic rings. The molecule has 0 aromatic heterocycles. The maximum atomic E-state index is 8.88. The molecule has 92 valence electrons. The average molecular weight is 224 g/mol. The summed E-state index contributed by atoms with van der Waals surface area (Å²) in [5, 5.41) is 11.9. The first-order chi connectivity index (χ1) is 7.65. The first kappa shape index (κ1) is 13.4. The van der Waals surface area contributed by atoms with Crippen LogP contribution in [0.2, 0.25) is 0 Å². The summed E-state index contributed by atoms with van der Waals surface area (Å²) in [4.78, 5) is 4.89. The zero-order chi connectivity index (χ0) is 12.0. The van der Waals surface area contributed by atoms with E-state index in [1.165, 1.54) is 6.54 Å². The number of hydrogen-bond acceptors (Lipinski definition) is 4. The van der Waals surface area contributed by atoms with Gasteiger partial charge < -0.3 is 10.2 Å². The summed E-state index contributed by atoms with van der Waals surface area (Å²) in [7, 11) is 1.85. The van der Waals surface area contributed by atoms with E-state index in [2.05, 4.69) is 35.0 Å². The normalized spacial score (nSPS) is 20.9. The van der Waals surface area contributed by atoms with Crippen molar-refractivity contribution in [2.45, 2.75) is 19.9 Å². The van der Waals surface area contributed by atoms with Gasteiger partial charge in [-0.05, 0) is 13.0 Å². The average Bonchev–Trinajstić information content (AvgIpc) is 2.27. The molecule has 1 rings (SSSR count). The van der Waals surface area contributed by atoms with Gasteiger partial charge in [-0.15, -0.1) is 0 Å². The third-order valence-electron chi connectivity index (χ3n) is 3.03. The molecule has 1 fully saturated rings. The number of rotatable bonds is 5. The summed E-state index contributed by atoms with van der Waals surface area (Å²) in [5.41, 5.74) is 0. The smallest absolute Gasteiger partial charge is 0.108 e. The van der Waals surface area contributed by atoms with E-state index in [1.807, 2.05) is 7.05 Å². The summed E-state index contributed by atoms with van der Waals surface area (Å²) >= 11 is 0. The molecule has 0 radical (unpaired) electrons. The lowest BCUT2D eigenvalue weighted by Crippen LogP contribution is -2.50. The Morgan fingerprint density at radius 1 is 1.12 bits per heavy atom. The van der Waals surface area contributed by atoms with Crippen molar-refractivity contribution in [1.82, 2.24) is 15.1 Å². The van der Waals surface area contributed by atoms with Gasteiger partial charge in [-0.25, -0.2) is 0 Å². The van der Waals surface area contributed by atoms with Gasteiger partial charge in [0.15, 0.2) is 0 Å². The van der Waals surface area contributed by atoms with E-state index < -0.39 is 0 Å². The molecule has 1 saturated heterocycles. The number of hydrogen-bond donors (Lipinski definition) is 1. The standard InChI is InChI=1S/C12H24N4/c1-11(2)9-15-4-6-16(7-5-15)10-12(8-13)14-3/h11-12,14H,4-7,9-10H2,1-3H3. The minimum Gasteiger partial charge on any atom is -0.304 e. The van der Waals surface area contributed by atoms with Crippen LogP contribution in [0, 0.1) is 17.2 Å². The van der Waals surface area contributed by atoms with Crippen LogP contribution < -0.4 is 5.32 Å². The second kappa shape index (κ2) is 6.85. The van der Waals surface area contributed by atoms with Crippen molar-refractivity contribution in [1.29, 1.82) is 5.26 Å². The van der Waals surface area contributed by atoms with Crippen molar-refractivity contribution in [3.63, 3.8) is 0 Å². The van der Waals surface area contributed by atoms with Crippen molar-refractivity contribution in [3.8, 4) is 6.07 Å². The van der Waals surface area contributed by atoms with Gasteiger partial charge in [0.05, 0.1) is 6.07 Å². The maximum Gasteiger partial charge on any atom is 0.108 e. The molecule has 0 aliphatic carbocycles. The Balaban J connectivity index is 2.24. The fourth-order valence-corrected chi connectivity index (χ4v) is 2.13. The number of nitriles is 1. The topological polar surface area (TPSA) is 42.3 Å². The molecular formula is C12H24N4. The highest BCUT2D eigenvalue weighted by Gasteiger charge is 2.19. The van der Waals surface area contributed by atoms with Crippen LogP contribution in [-0.2, 0) is 0 Å². The highest BCUT2D eigenvalue weighted by Crippen LogP contribution is 2.05. The Morgan fingerprint density at radius 2 is 1.62 bits per heavy atom. The molecule has 0 bridgehead atoms. The largest absolute Gasteiger partial charge is 0.304 e. The summed E-state index contributed by atoms with van der Waals surface area (Å²) in [6.45, 7) is 11.0. The number of nitrogens with one attached hydrogen (secondary N) is 1. The molecule has 1 atom stereocenters. The maximum absolute atomic E-state index is 8.88. The number of likely N-dealkylation sites (N-methyl/N-ethyl adjacent to an activating group) is 1. The number of nitrogens with zero attached hydrogens (tertiary/aromatic N) is 3. The molecule has 0 aromatic carbocycles. The van der Waals surface area contributed by atoms with E-state index >= 15 is 0 Å². The Morgan fingerprint density at radius 3 is 2.00 bits per heavy atom. The molecule has 1 N–H and O–H groups in total. The molecular weight excluding hydrogens is 200 g/mol. The van der Waals surface area contributed by atoms with Crippen LogP contribution in [0.25, 0.3) is 0 Å². The quantitative estimate of drug-likeness (QED) is 0.733. The molecule has 1 aliphatic heterocycles. The second-order valence-corrected chi connectivity index (χ2v) is 4.97. The van der Waals surface area contributed by atoms with Crippen LogP contribution in [-0.4, -0.2) is 62.2 Å². The Kier molecular flexibility index (Phi) is 5.75. The van der Waals surface area contributed by atoms with Crippen molar-refractivity contribution < 1.29 is 0 Å². The third kappa shape index (κ3) is 4.48. The Hall–Kier alpha value is -0.630. The van der Waals surface area contributed by atoms with Crippen molar-refractivity contribution >= 4 is 0 Å². The van der Waals surface area contributed by atoms with Gasteiger partial charge in [0.2, 0.25) is 0 Å². The first-order valence-corrected chi connectivity index (χ1v) is 6.17. The molecule has 0 amide bonds. The highest BCUT2D eigenvalue weighted by atomic mass is 15.3. The third-order valence-corrected chi connectivity index (χ3v) is 3.03. The van der Waals surface area contributed by atoms with Crippen molar-refractivity contribution in [3.05, 3.63) is 0 Å². The lowest BCUT2D eigenvalue weighted by Gasteiger charge is -2.36. The summed E-state index contributed by atoms with van der Waals surface area (Å²) in [5.74, 6) is 0.746. The fraction of sp³-hybridized carbons (Fsp3) is 0.917. The molecule has 0 saturated carbocycles. The van der Waals surface area contributed by atoms with Gasteiger partial charge in [0.25, 0.3) is 0 Å². The SMILES string of the molecule is CNC(C#N)CN1CCN(CC(C)C)CC1. The van der Waals surface area contributed by atoms with E-state index in [0.29, 0.717) is 0 Å². The van der Waals surface area contributed by atoms with Crippen LogP contribution in [0.1, 0.15) is 13.8 Å². The molecule has 4 heteroatoms. The Bertz CT molecular complexity index is 226. The minimum atomic E-state index is -0.0309. The first-order valence-electron chi connectivity index (χ1n) is 6.17. The summed E-state index contributed by atoms with van der Waals surface area (Å²) in [6.07, 6.45) is 0. The van der Waals surface area contributed by atoms with Gasteiger partial charge in [-0.1, -0.05) is 13.8 Å². The van der Waals surface area contributed by atoms with E-state index in [0.717, 1.165) is 38.6 Å². The minimum absolute atomic E-state index is 0.0309. The molecule has 1 unspecified atom stereocenters. The zero-order valence-corrected chi connectivity index (χ0v) is 10.7. The van der Waals surface area contributed by atoms with E-state index in [-0.39, 0.29) is 6.04 Å². The van der Waals surface area contributed by atoms with Crippen LogP contribution in [0.4, 0.5) is 0 Å². The van der Waals surface area contributed by atoms with Crippen molar-refractivity contribution in [2.24, 2.45) is 5.92 Å². The number of piperazine rings is 1. The second-order valence-electron chi connectivity index (χ2n) is 4.97. The van der Waals surface area contributed by atoms with Crippen molar-refractivity contribution in [2.75, 3.05) is 46.3 Å². The molecule has 1 heterocycles. The van der Waals surface area contributed by atoms with Gasteiger partial charge in [0.1, 0.15) is 6.04 Å². The summed E-state index contributed by atoms with van der Waals surface area (Å²) < 4.78 is 0. The zero-order valence-electron chi connectivity index (χ0n) is 10.7. The monoisotopic (exact) mass is 224 g/mol. The fourth-order valence-electron chi connectivity index (χ4n) is 2.13. The van der Waals surface area contributed by atoms with Crippen LogP contribution >= 0.6 is 0 Å². The van der Waals surface area contributed by atoms with Gasteiger partial charge >= 0.3 is 0 Å². The van der Waals surface area contributed by atoms with Gasteiger partial charge in [-0.2, -0.15) is 5.26 Å². The predicted molar refractivity (Wildman–Crippen MR) is 66.2 cm³/mol.